The highest BCUT2D eigenvalue weighted by molar-refractivity contribution is 7.90. The molecule has 3 aromatic heterocycles. The van der Waals surface area contributed by atoms with Crippen LogP contribution < -0.4 is 11.1 Å². The minimum Gasteiger partial charge on any atom is -0.351 e. The van der Waals surface area contributed by atoms with Gasteiger partial charge in [-0.3, -0.25) is 4.98 Å². The van der Waals surface area contributed by atoms with E-state index in [1.54, 1.807) is 19.2 Å². The molecule has 3 aromatic rings. The summed E-state index contributed by atoms with van der Waals surface area (Å²) in [5, 5.41) is 3.39. The summed E-state index contributed by atoms with van der Waals surface area (Å²) in [6, 6.07) is 5.63. The summed E-state index contributed by atoms with van der Waals surface area (Å²) in [5.41, 5.74) is 10.2. The van der Waals surface area contributed by atoms with Gasteiger partial charge in [0.15, 0.2) is 9.84 Å². The topological polar surface area (TPSA) is 124 Å². The van der Waals surface area contributed by atoms with E-state index in [0.717, 1.165) is 36.8 Å². The van der Waals surface area contributed by atoms with Gasteiger partial charge in [0.25, 0.3) is 0 Å². The van der Waals surface area contributed by atoms with Crippen molar-refractivity contribution in [3.8, 4) is 11.3 Å². The third-order valence-corrected chi connectivity index (χ3v) is 7.89. The number of pyridine rings is 2. The van der Waals surface area contributed by atoms with Crippen molar-refractivity contribution in [2.75, 3.05) is 11.1 Å². The maximum atomic E-state index is 12.4. The van der Waals surface area contributed by atoms with Crippen molar-refractivity contribution in [3.05, 3.63) is 41.3 Å². The number of anilines is 1. The van der Waals surface area contributed by atoms with Gasteiger partial charge in [0.2, 0.25) is 5.95 Å². The zero-order valence-corrected chi connectivity index (χ0v) is 21.0. The fourth-order valence-corrected chi connectivity index (χ4v) is 5.67. The van der Waals surface area contributed by atoms with E-state index in [-0.39, 0.29) is 11.7 Å². The van der Waals surface area contributed by atoms with Crippen molar-refractivity contribution >= 4 is 26.8 Å². The molecule has 0 aliphatic heterocycles. The van der Waals surface area contributed by atoms with E-state index in [1.165, 1.54) is 6.07 Å². The second kappa shape index (κ2) is 10.3. The van der Waals surface area contributed by atoms with Gasteiger partial charge in [0.1, 0.15) is 5.52 Å². The van der Waals surface area contributed by atoms with E-state index in [2.05, 4.69) is 25.3 Å². The molecule has 3 N–H and O–H groups in total. The lowest BCUT2D eigenvalue weighted by Crippen LogP contribution is -2.33. The molecule has 0 unspecified atom stereocenters. The fraction of sp³-hybridized carbons (Fsp3) is 0.500. The molecule has 0 radical (unpaired) electrons. The summed E-state index contributed by atoms with van der Waals surface area (Å²) in [6.07, 6.45) is -0.331. The van der Waals surface area contributed by atoms with Crippen LogP contribution in [0.2, 0.25) is 0 Å². The Labute approximate surface area is 207 Å². The SMILES string of the molecule is Cc1nc(CS(=O)(=O)CCC(F)(F)F)ccc1-c1cc(C)c2nc(NC3CCC(N)CC3)ncc2n1. The lowest BCUT2D eigenvalue weighted by atomic mass is 9.92. The van der Waals surface area contributed by atoms with Crippen LogP contribution in [0.25, 0.3) is 22.3 Å². The first-order valence-corrected chi connectivity index (χ1v) is 13.6. The predicted octanol–water partition coefficient (Wildman–Crippen LogP) is 4.25. The van der Waals surface area contributed by atoms with Crippen LogP contribution in [0.3, 0.4) is 0 Å². The number of alkyl halides is 3. The van der Waals surface area contributed by atoms with Gasteiger partial charge < -0.3 is 11.1 Å². The Balaban J connectivity index is 1.52. The molecule has 12 heteroatoms. The van der Waals surface area contributed by atoms with Crippen LogP contribution in [0.5, 0.6) is 0 Å². The number of fused-ring (bicyclic) bond motifs is 1. The number of nitrogens with zero attached hydrogens (tertiary/aromatic N) is 4. The van der Waals surface area contributed by atoms with Crippen molar-refractivity contribution in [2.45, 2.75) is 70.0 Å². The third-order valence-electron chi connectivity index (χ3n) is 6.33. The van der Waals surface area contributed by atoms with Gasteiger partial charge in [0.05, 0.1) is 41.0 Å². The van der Waals surface area contributed by atoms with Crippen LogP contribution in [-0.4, -0.2) is 52.4 Å². The number of sulfone groups is 1. The number of aromatic nitrogens is 4. The van der Waals surface area contributed by atoms with Crippen LogP contribution in [0.15, 0.2) is 24.4 Å². The Morgan fingerprint density at radius 2 is 1.81 bits per heavy atom. The van der Waals surface area contributed by atoms with Crippen molar-refractivity contribution in [1.82, 2.24) is 19.9 Å². The van der Waals surface area contributed by atoms with E-state index < -0.39 is 33.9 Å². The number of nitrogens with two attached hydrogens (primary N) is 1. The lowest BCUT2D eigenvalue weighted by Gasteiger charge is -2.26. The summed E-state index contributed by atoms with van der Waals surface area (Å²) in [7, 11) is -3.94. The molecule has 0 saturated heterocycles. The molecule has 0 amide bonds. The van der Waals surface area contributed by atoms with E-state index >= 15 is 0 Å². The Morgan fingerprint density at radius 3 is 2.47 bits per heavy atom. The molecule has 1 fully saturated rings. The second-order valence-corrected chi connectivity index (χ2v) is 11.6. The van der Waals surface area contributed by atoms with Gasteiger partial charge >= 0.3 is 6.18 Å². The molecule has 0 aromatic carbocycles. The van der Waals surface area contributed by atoms with Crippen molar-refractivity contribution in [1.29, 1.82) is 0 Å². The molecule has 4 rings (SSSR count). The highest BCUT2D eigenvalue weighted by atomic mass is 32.2. The smallest absolute Gasteiger partial charge is 0.351 e. The Morgan fingerprint density at radius 1 is 1.08 bits per heavy atom. The second-order valence-electron chi connectivity index (χ2n) is 9.40. The molecule has 1 aliphatic rings. The lowest BCUT2D eigenvalue weighted by molar-refractivity contribution is -0.129. The maximum Gasteiger partial charge on any atom is 0.390 e. The molecule has 0 bridgehead atoms. The quantitative estimate of drug-likeness (QED) is 0.472. The molecular formula is C24H29F3N6O2S. The van der Waals surface area contributed by atoms with Crippen molar-refractivity contribution in [2.24, 2.45) is 5.73 Å². The molecule has 36 heavy (non-hydrogen) atoms. The van der Waals surface area contributed by atoms with Crippen LogP contribution in [0.1, 0.15) is 49.1 Å². The normalized spacial score (nSPS) is 18.9. The average Bonchev–Trinajstić information content (AvgIpc) is 2.79. The summed E-state index contributed by atoms with van der Waals surface area (Å²) >= 11 is 0. The molecule has 8 nitrogen and oxygen atoms in total. The van der Waals surface area contributed by atoms with Crippen LogP contribution >= 0.6 is 0 Å². The number of hydrogen-bond acceptors (Lipinski definition) is 8. The van der Waals surface area contributed by atoms with E-state index in [4.69, 9.17) is 5.73 Å². The van der Waals surface area contributed by atoms with Crippen molar-refractivity contribution in [3.63, 3.8) is 0 Å². The third kappa shape index (κ3) is 6.67. The average molecular weight is 523 g/mol. The van der Waals surface area contributed by atoms with Crippen LogP contribution in [0.4, 0.5) is 19.1 Å². The Hall–Kier alpha value is -2.86. The summed E-state index contributed by atoms with van der Waals surface area (Å²) in [6.45, 7) is 3.64. The summed E-state index contributed by atoms with van der Waals surface area (Å²) < 4.78 is 61.4. The summed E-state index contributed by atoms with van der Waals surface area (Å²) in [4.78, 5) is 18.1. The number of halogens is 3. The molecule has 1 aliphatic carbocycles. The van der Waals surface area contributed by atoms with Gasteiger partial charge in [-0.2, -0.15) is 13.2 Å². The molecule has 0 atom stereocenters. The standard InChI is InChI=1S/C24H29F3N6O2S/c1-14-11-20(19-8-7-18(30-15(19)2)13-36(34,35)10-9-24(25,26)27)32-21-12-29-23(33-22(14)21)31-17-5-3-16(28)4-6-17/h7-8,11-12,16-17H,3-6,9-10,13,28H2,1-2H3,(H,29,31,33). The number of rotatable bonds is 7. The van der Waals surface area contributed by atoms with Crippen LogP contribution in [-0.2, 0) is 15.6 Å². The minimum atomic E-state index is -4.52. The minimum absolute atomic E-state index is 0.193. The number of nitrogens with one attached hydrogen (secondary N) is 1. The van der Waals surface area contributed by atoms with Gasteiger partial charge in [-0.15, -0.1) is 0 Å². The molecule has 194 valence electrons. The molecular weight excluding hydrogens is 493 g/mol. The molecule has 1 saturated carbocycles. The van der Waals surface area contributed by atoms with Gasteiger partial charge in [-0.05, 0) is 63.3 Å². The van der Waals surface area contributed by atoms with Gasteiger partial charge in [0, 0.05) is 23.3 Å². The predicted molar refractivity (Wildman–Crippen MR) is 132 cm³/mol. The largest absolute Gasteiger partial charge is 0.390 e. The number of aryl methyl sites for hydroxylation is 2. The van der Waals surface area contributed by atoms with Gasteiger partial charge in [-0.1, -0.05) is 0 Å². The highest BCUT2D eigenvalue weighted by Crippen LogP contribution is 2.27. The fourth-order valence-electron chi connectivity index (χ4n) is 4.37. The zero-order chi connectivity index (χ0) is 26.1. The monoisotopic (exact) mass is 522 g/mol. The maximum absolute atomic E-state index is 12.4. The Bertz CT molecular complexity index is 1360. The van der Waals surface area contributed by atoms with E-state index in [0.29, 0.717) is 34.5 Å². The van der Waals surface area contributed by atoms with Crippen LogP contribution in [0, 0.1) is 13.8 Å². The summed E-state index contributed by atoms with van der Waals surface area (Å²) in [5.74, 6) is -0.963. The van der Waals surface area contributed by atoms with E-state index in [1.807, 2.05) is 13.0 Å². The Kier molecular flexibility index (Phi) is 7.46. The molecule has 0 spiro atoms. The molecule has 3 heterocycles. The first-order valence-electron chi connectivity index (χ1n) is 11.8. The first kappa shape index (κ1) is 26.2. The highest BCUT2D eigenvalue weighted by Gasteiger charge is 2.30. The van der Waals surface area contributed by atoms with Crippen molar-refractivity contribution < 1.29 is 21.6 Å². The van der Waals surface area contributed by atoms with E-state index in [9.17, 15) is 21.6 Å². The zero-order valence-electron chi connectivity index (χ0n) is 20.1. The number of hydrogen-bond donors (Lipinski definition) is 2. The van der Waals surface area contributed by atoms with Gasteiger partial charge in [-0.25, -0.2) is 23.4 Å². The first-order chi connectivity index (χ1) is 16.9.